The largest absolute Gasteiger partial charge is 0.481 e. The molecule has 1 aromatic rings. The van der Waals surface area contributed by atoms with Crippen molar-refractivity contribution >= 4 is 5.97 Å². The number of aliphatic carboxylic acids is 1. The average molecular weight is 180 g/mol. The van der Waals surface area contributed by atoms with Crippen LogP contribution in [0.3, 0.4) is 0 Å². The highest BCUT2D eigenvalue weighted by Crippen LogP contribution is 2.01. The molecule has 13 heavy (non-hydrogen) atoms. The highest BCUT2D eigenvalue weighted by molar-refractivity contribution is 5.66. The minimum absolute atomic E-state index is 0.197. The molecule has 0 radical (unpaired) electrons. The lowest BCUT2D eigenvalue weighted by molar-refractivity contribution is -0.137. The van der Waals surface area contributed by atoms with Crippen LogP contribution in [0.25, 0.3) is 0 Å². The van der Waals surface area contributed by atoms with Gasteiger partial charge in [0.05, 0.1) is 0 Å². The van der Waals surface area contributed by atoms with Gasteiger partial charge in [-0.15, -0.1) is 0 Å². The number of nitrogens with zero attached hydrogens (tertiary/aromatic N) is 2. The van der Waals surface area contributed by atoms with Crippen molar-refractivity contribution in [1.29, 1.82) is 0 Å². The second-order valence-electron chi connectivity index (χ2n) is 2.84. The Bertz CT molecular complexity index is 299. The Morgan fingerprint density at radius 3 is 3.00 bits per heavy atom. The van der Waals surface area contributed by atoms with Crippen molar-refractivity contribution in [1.82, 2.24) is 9.97 Å². The molecule has 0 aliphatic carbocycles. The van der Waals surface area contributed by atoms with Crippen molar-refractivity contribution in [2.24, 2.45) is 0 Å². The Kier molecular flexibility index (Phi) is 3.37. The molecule has 1 aromatic heterocycles. The topological polar surface area (TPSA) is 63.1 Å². The van der Waals surface area contributed by atoms with Gasteiger partial charge in [0.25, 0.3) is 0 Å². The Morgan fingerprint density at radius 1 is 1.62 bits per heavy atom. The van der Waals surface area contributed by atoms with Gasteiger partial charge in [-0.25, -0.2) is 9.97 Å². The number of hydrogen-bond donors (Lipinski definition) is 1. The normalized spacial score (nSPS) is 9.92. The summed E-state index contributed by atoms with van der Waals surface area (Å²) in [7, 11) is 0. The fraction of sp³-hybridized carbons (Fsp3) is 0.444. The molecule has 4 nitrogen and oxygen atoms in total. The summed E-state index contributed by atoms with van der Waals surface area (Å²) in [4.78, 5) is 18.3. The van der Waals surface area contributed by atoms with E-state index in [1.54, 1.807) is 6.20 Å². The fourth-order valence-electron chi connectivity index (χ4n) is 1.07. The fourth-order valence-corrected chi connectivity index (χ4v) is 1.07. The van der Waals surface area contributed by atoms with E-state index in [-0.39, 0.29) is 6.42 Å². The van der Waals surface area contributed by atoms with Gasteiger partial charge < -0.3 is 5.11 Å². The van der Waals surface area contributed by atoms with Crippen LogP contribution in [0.2, 0.25) is 0 Å². The second-order valence-corrected chi connectivity index (χ2v) is 2.84. The molecule has 4 heteroatoms. The van der Waals surface area contributed by atoms with E-state index in [2.05, 4.69) is 9.97 Å². The number of carboxylic acid groups (broad SMARTS) is 1. The van der Waals surface area contributed by atoms with Crippen LogP contribution in [0.1, 0.15) is 24.4 Å². The van der Waals surface area contributed by atoms with Crippen molar-refractivity contribution in [3.8, 4) is 0 Å². The van der Waals surface area contributed by atoms with Gasteiger partial charge >= 0.3 is 5.97 Å². The van der Waals surface area contributed by atoms with Crippen LogP contribution in [0.5, 0.6) is 0 Å². The summed E-state index contributed by atoms with van der Waals surface area (Å²) in [5, 5.41) is 8.41. The monoisotopic (exact) mass is 180 g/mol. The first-order valence-corrected chi connectivity index (χ1v) is 4.19. The molecule has 0 aliphatic rings. The molecule has 1 heterocycles. The van der Waals surface area contributed by atoms with Gasteiger partial charge in [-0.2, -0.15) is 0 Å². The van der Waals surface area contributed by atoms with Crippen LogP contribution >= 0.6 is 0 Å². The van der Waals surface area contributed by atoms with Crippen LogP contribution in [0.4, 0.5) is 0 Å². The first-order valence-electron chi connectivity index (χ1n) is 4.19. The molecule has 0 aliphatic heterocycles. The standard InChI is InChI=1S/C9H12N2O2/c1-7-10-6-5-8(11-7)3-2-4-9(12)13/h5-6H,2-4H2,1H3,(H,12,13). The second kappa shape index (κ2) is 4.54. The maximum Gasteiger partial charge on any atom is 0.303 e. The van der Waals surface area contributed by atoms with Crippen molar-refractivity contribution in [3.05, 3.63) is 23.8 Å². The molecule has 0 amide bonds. The third-order valence-electron chi connectivity index (χ3n) is 1.66. The Morgan fingerprint density at radius 2 is 2.38 bits per heavy atom. The maximum atomic E-state index is 10.2. The first-order chi connectivity index (χ1) is 6.18. The minimum atomic E-state index is -0.759. The van der Waals surface area contributed by atoms with Gasteiger partial charge in [0.2, 0.25) is 0 Å². The van der Waals surface area contributed by atoms with E-state index in [4.69, 9.17) is 5.11 Å². The molecule has 0 saturated carbocycles. The molecule has 0 saturated heterocycles. The van der Waals surface area contributed by atoms with Crippen molar-refractivity contribution in [2.45, 2.75) is 26.2 Å². The summed E-state index contributed by atoms with van der Waals surface area (Å²) in [5.41, 5.74) is 0.911. The highest BCUT2D eigenvalue weighted by Gasteiger charge is 1.99. The van der Waals surface area contributed by atoms with E-state index in [0.29, 0.717) is 12.8 Å². The summed E-state index contributed by atoms with van der Waals surface area (Å²) in [6, 6.07) is 1.81. The molecule has 0 atom stereocenters. The predicted molar refractivity (Wildman–Crippen MR) is 47.3 cm³/mol. The van der Waals surface area contributed by atoms with Crippen LogP contribution in [0.15, 0.2) is 12.3 Å². The molecule has 0 spiro atoms. The summed E-state index contributed by atoms with van der Waals surface area (Å²) >= 11 is 0. The minimum Gasteiger partial charge on any atom is -0.481 e. The SMILES string of the molecule is Cc1nccc(CCCC(=O)O)n1. The smallest absolute Gasteiger partial charge is 0.303 e. The van der Waals surface area contributed by atoms with E-state index >= 15 is 0 Å². The van der Waals surface area contributed by atoms with E-state index in [1.165, 1.54) is 0 Å². The molecule has 0 unspecified atom stereocenters. The number of carboxylic acids is 1. The molecule has 70 valence electrons. The summed E-state index contributed by atoms with van der Waals surface area (Å²) < 4.78 is 0. The number of rotatable bonds is 4. The molecule has 0 fully saturated rings. The molecule has 0 aromatic carbocycles. The number of aryl methyl sites for hydroxylation is 2. The average Bonchev–Trinajstić information content (AvgIpc) is 2.03. The van der Waals surface area contributed by atoms with Crippen LogP contribution in [-0.2, 0) is 11.2 Å². The van der Waals surface area contributed by atoms with Crippen LogP contribution in [-0.4, -0.2) is 21.0 Å². The van der Waals surface area contributed by atoms with Crippen LogP contribution < -0.4 is 0 Å². The molecule has 0 bridgehead atoms. The van der Waals surface area contributed by atoms with Gasteiger partial charge in [-0.1, -0.05) is 0 Å². The molecule has 1 N–H and O–H groups in total. The van der Waals surface area contributed by atoms with E-state index < -0.39 is 5.97 Å². The number of carbonyl (C=O) groups is 1. The molecular formula is C9H12N2O2. The Hall–Kier alpha value is -1.45. The lowest BCUT2D eigenvalue weighted by Gasteiger charge is -1.98. The summed E-state index contributed by atoms with van der Waals surface area (Å²) in [6.45, 7) is 1.82. The lowest BCUT2D eigenvalue weighted by Crippen LogP contribution is -1.98. The number of aromatic nitrogens is 2. The number of hydrogen-bond acceptors (Lipinski definition) is 3. The van der Waals surface area contributed by atoms with E-state index in [0.717, 1.165) is 11.5 Å². The zero-order valence-corrected chi connectivity index (χ0v) is 7.53. The maximum absolute atomic E-state index is 10.2. The summed E-state index contributed by atoms with van der Waals surface area (Å²) in [5.74, 6) is -0.0291. The lowest BCUT2D eigenvalue weighted by atomic mass is 10.2. The molecular weight excluding hydrogens is 168 g/mol. The molecule has 1 rings (SSSR count). The first kappa shape index (κ1) is 9.64. The van der Waals surface area contributed by atoms with E-state index in [9.17, 15) is 4.79 Å². The van der Waals surface area contributed by atoms with Gasteiger partial charge in [-0.05, 0) is 25.8 Å². The van der Waals surface area contributed by atoms with Crippen molar-refractivity contribution in [3.63, 3.8) is 0 Å². The Labute approximate surface area is 76.7 Å². The quantitative estimate of drug-likeness (QED) is 0.756. The van der Waals surface area contributed by atoms with Crippen molar-refractivity contribution in [2.75, 3.05) is 0 Å². The summed E-state index contributed by atoms with van der Waals surface area (Å²) in [6.07, 6.45) is 3.23. The van der Waals surface area contributed by atoms with Gasteiger partial charge in [0.1, 0.15) is 5.82 Å². The highest BCUT2D eigenvalue weighted by atomic mass is 16.4. The zero-order chi connectivity index (χ0) is 9.68. The van der Waals surface area contributed by atoms with E-state index in [1.807, 2.05) is 13.0 Å². The Balaban J connectivity index is 2.41. The van der Waals surface area contributed by atoms with Gasteiger partial charge in [0, 0.05) is 18.3 Å². The van der Waals surface area contributed by atoms with Gasteiger partial charge in [0.15, 0.2) is 0 Å². The van der Waals surface area contributed by atoms with Gasteiger partial charge in [-0.3, -0.25) is 4.79 Å². The predicted octanol–water partition coefficient (Wildman–Crippen LogP) is 1.19. The zero-order valence-electron chi connectivity index (χ0n) is 7.53. The third-order valence-corrected chi connectivity index (χ3v) is 1.66. The van der Waals surface area contributed by atoms with Crippen LogP contribution in [0, 0.1) is 6.92 Å². The van der Waals surface area contributed by atoms with Crippen molar-refractivity contribution < 1.29 is 9.90 Å². The third kappa shape index (κ3) is 3.64.